The molecule has 0 unspecified atom stereocenters. The molecule has 2 heterocycles. The van der Waals surface area contributed by atoms with Gasteiger partial charge in [0.1, 0.15) is 17.4 Å². The first-order chi connectivity index (χ1) is 14.1. The first-order valence-electron chi connectivity index (χ1n) is 8.84. The van der Waals surface area contributed by atoms with Crippen molar-refractivity contribution in [3.05, 3.63) is 65.7 Å². The lowest BCUT2D eigenvalue weighted by molar-refractivity contribution is 0.418. The molecule has 4 rings (SSSR count). The normalized spacial score (nSPS) is 12.0. The van der Waals surface area contributed by atoms with Crippen LogP contribution in [0.3, 0.4) is 0 Å². The largest absolute Gasteiger partial charge is 0.510 e. The van der Waals surface area contributed by atoms with Gasteiger partial charge in [0.15, 0.2) is 5.82 Å². The van der Waals surface area contributed by atoms with E-state index in [-0.39, 0.29) is 17.1 Å². The number of allylic oxidation sites excluding steroid dienone is 1. The highest BCUT2D eigenvalue weighted by Crippen LogP contribution is 2.27. The van der Waals surface area contributed by atoms with Crippen LogP contribution in [0.25, 0.3) is 28.1 Å². The Morgan fingerprint density at radius 1 is 1.21 bits per heavy atom. The van der Waals surface area contributed by atoms with Gasteiger partial charge in [-0.25, -0.2) is 4.98 Å². The Labute approximate surface area is 171 Å². The highest BCUT2D eigenvalue weighted by atomic mass is 32.2. The number of hydrogen-bond acceptors (Lipinski definition) is 7. The molecule has 2 aromatic carbocycles. The Balaban J connectivity index is 1.56. The molecule has 0 atom stereocenters. The van der Waals surface area contributed by atoms with Gasteiger partial charge < -0.3 is 14.1 Å². The summed E-state index contributed by atoms with van der Waals surface area (Å²) in [6, 6.07) is 17.4. The molecule has 144 valence electrons. The molecule has 0 saturated heterocycles. The Hall–Kier alpha value is -3.57. The molecule has 0 aliphatic rings. The van der Waals surface area contributed by atoms with Crippen LogP contribution in [0.4, 0.5) is 0 Å². The summed E-state index contributed by atoms with van der Waals surface area (Å²) in [5, 5.41) is 28.5. The molecule has 8 heteroatoms. The maximum Gasteiger partial charge on any atom is 0.277 e. The molecule has 0 aliphatic heterocycles. The van der Waals surface area contributed by atoms with Crippen molar-refractivity contribution in [2.75, 3.05) is 5.75 Å². The number of aryl methyl sites for hydroxylation is 2. The lowest BCUT2D eigenvalue weighted by atomic mass is 10.1. The molecule has 0 saturated carbocycles. The van der Waals surface area contributed by atoms with Gasteiger partial charge in [-0.15, -0.1) is 10.2 Å². The number of aliphatic hydroxyl groups is 1. The first-order valence-corrected chi connectivity index (χ1v) is 9.82. The van der Waals surface area contributed by atoms with E-state index in [0.29, 0.717) is 16.9 Å². The molecule has 0 amide bonds. The predicted molar refractivity (Wildman–Crippen MR) is 111 cm³/mol. The van der Waals surface area contributed by atoms with E-state index in [2.05, 4.69) is 21.3 Å². The van der Waals surface area contributed by atoms with Gasteiger partial charge >= 0.3 is 0 Å². The molecule has 7 nitrogen and oxygen atoms in total. The Kier molecular flexibility index (Phi) is 5.06. The fraction of sp³-hybridized carbons (Fsp3) is 0.143. The molecule has 0 fully saturated rings. The third kappa shape index (κ3) is 3.73. The van der Waals surface area contributed by atoms with Crippen LogP contribution in [-0.2, 0) is 7.05 Å². The van der Waals surface area contributed by atoms with Crippen molar-refractivity contribution in [1.29, 1.82) is 5.26 Å². The summed E-state index contributed by atoms with van der Waals surface area (Å²) >= 11 is 1.16. The Bertz CT molecular complexity index is 1270. The fourth-order valence-electron chi connectivity index (χ4n) is 2.98. The molecular formula is C21H17N5O2S. The number of aromatic nitrogens is 4. The molecular weight excluding hydrogens is 386 g/mol. The van der Waals surface area contributed by atoms with Gasteiger partial charge in [-0.05, 0) is 31.2 Å². The van der Waals surface area contributed by atoms with Gasteiger partial charge in [-0.1, -0.05) is 41.6 Å². The van der Waals surface area contributed by atoms with Crippen molar-refractivity contribution in [2.24, 2.45) is 7.05 Å². The molecule has 29 heavy (non-hydrogen) atoms. The Morgan fingerprint density at radius 2 is 2.03 bits per heavy atom. The minimum absolute atomic E-state index is 0.0915. The van der Waals surface area contributed by atoms with E-state index >= 15 is 0 Å². The number of nitriles is 1. The van der Waals surface area contributed by atoms with Crippen LogP contribution in [0.15, 0.2) is 63.9 Å². The van der Waals surface area contributed by atoms with E-state index in [1.54, 1.807) is 4.57 Å². The minimum atomic E-state index is -0.0915. The van der Waals surface area contributed by atoms with Crippen molar-refractivity contribution in [3.63, 3.8) is 0 Å². The van der Waals surface area contributed by atoms with Crippen molar-refractivity contribution in [2.45, 2.75) is 12.1 Å². The van der Waals surface area contributed by atoms with E-state index in [1.165, 1.54) is 0 Å². The average Bonchev–Trinajstić information content (AvgIpc) is 3.33. The maximum atomic E-state index is 10.5. The van der Waals surface area contributed by atoms with Crippen molar-refractivity contribution < 1.29 is 9.52 Å². The Morgan fingerprint density at radius 3 is 2.79 bits per heavy atom. The number of thioether (sulfide) groups is 1. The van der Waals surface area contributed by atoms with Crippen LogP contribution in [0.1, 0.15) is 11.4 Å². The topological polar surface area (TPSA) is 101 Å². The van der Waals surface area contributed by atoms with Gasteiger partial charge in [0.05, 0.1) is 16.8 Å². The third-order valence-corrected chi connectivity index (χ3v) is 5.24. The molecule has 0 radical (unpaired) electrons. The summed E-state index contributed by atoms with van der Waals surface area (Å²) in [7, 11) is 1.81. The summed E-state index contributed by atoms with van der Waals surface area (Å²) in [4.78, 5) is 4.47. The number of benzene rings is 2. The SMILES string of the molecule is Cc1cccc(-c2nnc(SC/C(O)=C(\C#N)c3nc4ccccc4n3C)o2)c1. The van der Waals surface area contributed by atoms with Gasteiger partial charge in [0.25, 0.3) is 5.22 Å². The highest BCUT2D eigenvalue weighted by molar-refractivity contribution is 7.99. The summed E-state index contributed by atoms with van der Waals surface area (Å²) in [6.45, 7) is 1.99. The van der Waals surface area contributed by atoms with E-state index in [1.807, 2.05) is 62.5 Å². The summed E-state index contributed by atoms with van der Waals surface area (Å²) in [5.74, 6) is 0.848. The molecule has 0 bridgehead atoms. The lowest BCUT2D eigenvalue weighted by Gasteiger charge is -2.04. The van der Waals surface area contributed by atoms with Crippen LogP contribution in [0, 0.1) is 18.3 Å². The van der Waals surface area contributed by atoms with E-state index < -0.39 is 0 Å². The molecule has 1 N–H and O–H groups in total. The lowest BCUT2D eigenvalue weighted by Crippen LogP contribution is -2.00. The van der Waals surface area contributed by atoms with E-state index in [4.69, 9.17) is 4.42 Å². The second-order valence-corrected chi connectivity index (χ2v) is 7.37. The van der Waals surface area contributed by atoms with Gasteiger partial charge in [-0.3, -0.25) is 0 Å². The minimum Gasteiger partial charge on any atom is -0.510 e. The second kappa shape index (κ2) is 7.81. The van der Waals surface area contributed by atoms with Crippen LogP contribution in [0.5, 0.6) is 0 Å². The number of nitrogens with zero attached hydrogens (tertiary/aromatic N) is 5. The van der Waals surface area contributed by atoms with E-state index in [0.717, 1.165) is 33.9 Å². The number of para-hydroxylation sites is 2. The van der Waals surface area contributed by atoms with Crippen LogP contribution in [0.2, 0.25) is 0 Å². The molecule has 0 aliphatic carbocycles. The van der Waals surface area contributed by atoms with Gasteiger partial charge in [0, 0.05) is 12.6 Å². The van der Waals surface area contributed by atoms with Crippen LogP contribution >= 0.6 is 11.8 Å². The third-order valence-electron chi connectivity index (χ3n) is 4.41. The number of hydrogen-bond donors (Lipinski definition) is 1. The fourth-order valence-corrected chi connectivity index (χ4v) is 3.62. The number of imidazole rings is 1. The monoisotopic (exact) mass is 403 g/mol. The zero-order valence-electron chi connectivity index (χ0n) is 15.8. The van der Waals surface area contributed by atoms with Crippen molar-refractivity contribution in [3.8, 4) is 17.5 Å². The zero-order valence-corrected chi connectivity index (χ0v) is 16.6. The van der Waals surface area contributed by atoms with Crippen molar-refractivity contribution >= 4 is 28.4 Å². The standard InChI is InChI=1S/C21H17N5O2S/c1-13-6-5-7-14(10-13)20-24-25-21(28-20)29-12-18(27)15(11-22)19-23-16-8-3-4-9-17(16)26(19)2/h3-10,27H,12H2,1-2H3/b18-15-. The number of rotatable bonds is 5. The summed E-state index contributed by atoms with van der Waals surface area (Å²) in [6.07, 6.45) is 0. The zero-order chi connectivity index (χ0) is 20.4. The quantitative estimate of drug-likeness (QED) is 0.297. The number of fused-ring (bicyclic) bond motifs is 1. The molecule has 2 aromatic heterocycles. The first kappa shape index (κ1) is 18.8. The number of aliphatic hydroxyl groups excluding tert-OH is 1. The summed E-state index contributed by atoms with van der Waals surface area (Å²) in [5.41, 5.74) is 3.70. The highest BCUT2D eigenvalue weighted by Gasteiger charge is 2.17. The van der Waals surface area contributed by atoms with Gasteiger partial charge in [-0.2, -0.15) is 5.26 Å². The van der Waals surface area contributed by atoms with Crippen LogP contribution in [-0.4, -0.2) is 30.6 Å². The summed E-state index contributed by atoms with van der Waals surface area (Å²) < 4.78 is 7.46. The predicted octanol–water partition coefficient (Wildman–Crippen LogP) is 4.52. The second-order valence-electron chi connectivity index (χ2n) is 6.45. The maximum absolute atomic E-state index is 10.5. The average molecular weight is 403 g/mol. The van der Waals surface area contributed by atoms with Crippen molar-refractivity contribution in [1.82, 2.24) is 19.7 Å². The van der Waals surface area contributed by atoms with E-state index in [9.17, 15) is 10.4 Å². The van der Waals surface area contributed by atoms with Crippen LogP contribution < -0.4 is 0 Å². The van der Waals surface area contributed by atoms with Gasteiger partial charge in [0.2, 0.25) is 5.89 Å². The smallest absolute Gasteiger partial charge is 0.277 e. The molecule has 0 spiro atoms. The molecule has 4 aromatic rings.